The van der Waals surface area contributed by atoms with Gasteiger partial charge in [-0.1, -0.05) is 67.4 Å². The van der Waals surface area contributed by atoms with E-state index in [1.54, 1.807) is 30.2 Å². The van der Waals surface area contributed by atoms with E-state index in [2.05, 4.69) is 49.7 Å². The number of thioether (sulfide) groups is 1. The quantitative estimate of drug-likeness (QED) is 0.259. The van der Waals surface area contributed by atoms with Crippen molar-refractivity contribution in [1.29, 1.82) is 0 Å². The average molecular weight is 492 g/mol. The summed E-state index contributed by atoms with van der Waals surface area (Å²) >= 11 is 3.43. The van der Waals surface area contributed by atoms with Crippen LogP contribution in [0.2, 0.25) is 0 Å². The summed E-state index contributed by atoms with van der Waals surface area (Å²) in [5.41, 5.74) is 3.27. The summed E-state index contributed by atoms with van der Waals surface area (Å²) in [6.07, 6.45) is 6.23. The number of anilines is 1. The second-order valence-corrected chi connectivity index (χ2v) is 10.2. The summed E-state index contributed by atoms with van der Waals surface area (Å²) in [6, 6.07) is 18.8. The zero-order valence-corrected chi connectivity index (χ0v) is 20.9. The van der Waals surface area contributed by atoms with Crippen molar-refractivity contribution < 1.29 is 4.74 Å². The Labute approximate surface area is 208 Å². The molecule has 1 aliphatic carbocycles. The second-order valence-electron chi connectivity index (χ2n) is 8.44. The highest BCUT2D eigenvalue weighted by Crippen LogP contribution is 2.34. The van der Waals surface area contributed by atoms with Crippen LogP contribution in [0.15, 0.2) is 65.1 Å². The van der Waals surface area contributed by atoms with Crippen molar-refractivity contribution in [2.75, 3.05) is 12.4 Å². The maximum absolute atomic E-state index is 5.35. The van der Waals surface area contributed by atoms with Crippen LogP contribution in [-0.2, 0) is 12.3 Å². The Balaban J connectivity index is 1.31. The molecule has 4 aromatic rings. The van der Waals surface area contributed by atoms with Crippen LogP contribution in [0.5, 0.6) is 5.75 Å². The lowest BCUT2D eigenvalue weighted by atomic mass is 9.95. The topological polar surface area (TPSA) is 64.9 Å². The molecule has 0 saturated heterocycles. The Morgan fingerprint density at radius 1 is 1.06 bits per heavy atom. The molecule has 2 heterocycles. The standard InChI is InChI=1S/C26H29N5OS2/c1-32-23-14-8-11-20(15-23)27-16-24-29-30-26(31(24)22-12-6-3-7-13-22)34-18-21-17-33-25(28-21)19-9-4-2-5-10-19/h2,4-5,8-11,14-15,17,22,27H,3,6-7,12-13,16,18H2,1H3. The molecule has 1 N–H and O–H groups in total. The van der Waals surface area contributed by atoms with Gasteiger partial charge in [-0.15, -0.1) is 21.5 Å². The van der Waals surface area contributed by atoms with Gasteiger partial charge in [-0.25, -0.2) is 4.98 Å². The molecular weight excluding hydrogens is 462 g/mol. The normalized spacial score (nSPS) is 14.3. The van der Waals surface area contributed by atoms with E-state index in [1.165, 1.54) is 37.7 Å². The number of aromatic nitrogens is 4. The van der Waals surface area contributed by atoms with Crippen molar-refractivity contribution in [3.8, 4) is 16.3 Å². The SMILES string of the molecule is COc1cccc(NCc2nnc(SCc3csc(-c4ccccc4)n3)n2C2CCCCC2)c1. The van der Waals surface area contributed by atoms with Crippen molar-refractivity contribution in [2.45, 2.75) is 55.6 Å². The fourth-order valence-electron chi connectivity index (χ4n) is 4.37. The van der Waals surface area contributed by atoms with E-state index in [1.807, 2.05) is 30.3 Å². The highest BCUT2D eigenvalue weighted by Gasteiger charge is 2.23. The van der Waals surface area contributed by atoms with Gasteiger partial charge in [0.25, 0.3) is 0 Å². The van der Waals surface area contributed by atoms with Crippen LogP contribution in [-0.4, -0.2) is 26.9 Å². The molecule has 176 valence electrons. The monoisotopic (exact) mass is 491 g/mol. The first-order valence-corrected chi connectivity index (χ1v) is 13.6. The molecule has 1 fully saturated rings. The minimum Gasteiger partial charge on any atom is -0.497 e. The van der Waals surface area contributed by atoms with E-state index in [0.717, 1.165) is 38.9 Å². The van der Waals surface area contributed by atoms with Crippen molar-refractivity contribution in [3.63, 3.8) is 0 Å². The maximum atomic E-state index is 5.35. The van der Waals surface area contributed by atoms with Crippen LogP contribution in [0.1, 0.15) is 49.7 Å². The first-order valence-electron chi connectivity index (χ1n) is 11.7. The van der Waals surface area contributed by atoms with Crippen molar-refractivity contribution in [3.05, 3.63) is 71.5 Å². The number of nitrogens with zero attached hydrogens (tertiary/aromatic N) is 4. The van der Waals surface area contributed by atoms with Gasteiger partial charge in [0.2, 0.25) is 0 Å². The molecule has 0 radical (unpaired) electrons. The number of ether oxygens (including phenoxy) is 1. The Morgan fingerprint density at radius 3 is 2.74 bits per heavy atom. The highest BCUT2D eigenvalue weighted by atomic mass is 32.2. The number of nitrogens with one attached hydrogen (secondary N) is 1. The Kier molecular flexibility index (Phi) is 7.46. The zero-order valence-electron chi connectivity index (χ0n) is 19.3. The Morgan fingerprint density at radius 2 is 1.91 bits per heavy atom. The van der Waals surface area contributed by atoms with Gasteiger partial charge in [0.15, 0.2) is 11.0 Å². The summed E-state index contributed by atoms with van der Waals surface area (Å²) in [5.74, 6) is 2.62. The molecule has 0 unspecified atom stereocenters. The van der Waals surface area contributed by atoms with E-state index in [4.69, 9.17) is 9.72 Å². The number of hydrogen-bond donors (Lipinski definition) is 1. The first kappa shape index (κ1) is 22.9. The predicted molar refractivity (Wildman–Crippen MR) is 140 cm³/mol. The summed E-state index contributed by atoms with van der Waals surface area (Å²) in [6.45, 7) is 0.631. The summed E-state index contributed by atoms with van der Waals surface area (Å²) in [7, 11) is 1.69. The molecule has 0 bridgehead atoms. The molecule has 8 heteroatoms. The molecule has 0 amide bonds. The van der Waals surface area contributed by atoms with Gasteiger partial charge in [-0.2, -0.15) is 0 Å². The van der Waals surface area contributed by atoms with Crippen LogP contribution in [0.3, 0.4) is 0 Å². The van der Waals surface area contributed by atoms with Crippen LogP contribution in [0, 0.1) is 0 Å². The van der Waals surface area contributed by atoms with Gasteiger partial charge < -0.3 is 14.6 Å². The lowest BCUT2D eigenvalue weighted by Gasteiger charge is -2.25. The first-order chi connectivity index (χ1) is 16.8. The largest absolute Gasteiger partial charge is 0.497 e. The van der Waals surface area contributed by atoms with E-state index in [0.29, 0.717) is 12.6 Å². The maximum Gasteiger partial charge on any atom is 0.191 e. The molecule has 0 spiro atoms. The zero-order chi connectivity index (χ0) is 23.2. The molecular formula is C26H29N5OS2. The van der Waals surface area contributed by atoms with Crippen molar-refractivity contribution in [2.24, 2.45) is 0 Å². The summed E-state index contributed by atoms with van der Waals surface area (Å²) in [4.78, 5) is 4.85. The number of benzene rings is 2. The number of rotatable bonds is 9. The van der Waals surface area contributed by atoms with Crippen molar-refractivity contribution >= 4 is 28.8 Å². The smallest absolute Gasteiger partial charge is 0.191 e. The van der Waals surface area contributed by atoms with E-state index < -0.39 is 0 Å². The Bertz CT molecular complexity index is 1200. The summed E-state index contributed by atoms with van der Waals surface area (Å²) < 4.78 is 7.73. The molecule has 1 aliphatic rings. The molecule has 34 heavy (non-hydrogen) atoms. The lowest BCUT2D eigenvalue weighted by Crippen LogP contribution is -2.18. The van der Waals surface area contributed by atoms with E-state index in [-0.39, 0.29) is 0 Å². The molecule has 5 rings (SSSR count). The van der Waals surface area contributed by atoms with Crippen LogP contribution in [0.4, 0.5) is 5.69 Å². The minimum absolute atomic E-state index is 0.462. The highest BCUT2D eigenvalue weighted by molar-refractivity contribution is 7.98. The fraction of sp³-hybridized carbons (Fsp3) is 0.346. The number of thiazole rings is 1. The van der Waals surface area contributed by atoms with E-state index >= 15 is 0 Å². The molecule has 6 nitrogen and oxygen atoms in total. The van der Waals surface area contributed by atoms with E-state index in [9.17, 15) is 0 Å². The average Bonchev–Trinajstić information content (AvgIpc) is 3.54. The molecule has 0 atom stereocenters. The van der Waals surface area contributed by atoms with Gasteiger partial charge in [-0.05, 0) is 25.0 Å². The third-order valence-corrected chi connectivity index (χ3v) is 8.03. The molecule has 2 aromatic carbocycles. The third kappa shape index (κ3) is 5.45. The molecule has 2 aromatic heterocycles. The van der Waals surface area contributed by atoms with Gasteiger partial charge in [0.05, 0.1) is 19.3 Å². The summed E-state index contributed by atoms with van der Waals surface area (Å²) in [5, 5.41) is 16.9. The second kappa shape index (κ2) is 11.1. The fourth-order valence-corrected chi connectivity index (χ4v) is 6.22. The third-order valence-electron chi connectivity index (χ3n) is 6.12. The van der Waals surface area contributed by atoms with Crippen molar-refractivity contribution in [1.82, 2.24) is 19.7 Å². The van der Waals surface area contributed by atoms with Gasteiger partial charge >= 0.3 is 0 Å². The number of hydrogen-bond acceptors (Lipinski definition) is 7. The number of methoxy groups -OCH3 is 1. The van der Waals surface area contributed by atoms with Crippen LogP contribution < -0.4 is 10.1 Å². The Hall–Kier alpha value is -2.84. The van der Waals surface area contributed by atoms with Gasteiger partial charge in [0, 0.05) is 34.5 Å². The molecule has 1 saturated carbocycles. The van der Waals surface area contributed by atoms with Gasteiger partial charge in [0.1, 0.15) is 10.8 Å². The van der Waals surface area contributed by atoms with Crippen LogP contribution in [0.25, 0.3) is 10.6 Å². The predicted octanol–water partition coefficient (Wildman–Crippen LogP) is 6.82. The van der Waals surface area contributed by atoms with Gasteiger partial charge in [-0.3, -0.25) is 0 Å². The molecule has 0 aliphatic heterocycles. The van der Waals surface area contributed by atoms with Crippen LogP contribution >= 0.6 is 23.1 Å². The minimum atomic E-state index is 0.462. The lowest BCUT2D eigenvalue weighted by molar-refractivity contribution is 0.330.